The fourth-order valence-electron chi connectivity index (χ4n) is 2.30. The molecule has 0 radical (unpaired) electrons. The predicted octanol–water partition coefficient (Wildman–Crippen LogP) is 4.18. The molecule has 2 aromatic heterocycles. The molecule has 0 saturated carbocycles. The van der Waals surface area contributed by atoms with Crippen LogP contribution < -0.4 is 0 Å². The maximum Gasteiger partial charge on any atom is 0.145 e. The van der Waals surface area contributed by atoms with Gasteiger partial charge in [0.1, 0.15) is 18.1 Å². The van der Waals surface area contributed by atoms with E-state index in [0.717, 1.165) is 29.4 Å². The number of pyridine rings is 1. The number of aromatic nitrogens is 2. The molecule has 1 N–H and O–H groups in total. The zero-order valence-corrected chi connectivity index (χ0v) is 14.7. The lowest BCUT2D eigenvalue weighted by Crippen LogP contribution is -2.22. The number of ether oxygens (including phenoxy) is 1. The molecule has 0 unspecified atom stereocenters. The molecule has 116 valence electrons. The highest BCUT2D eigenvalue weighted by Crippen LogP contribution is 2.29. The fourth-order valence-corrected chi connectivity index (χ4v) is 3.06. The van der Waals surface area contributed by atoms with Crippen LogP contribution in [0.15, 0.2) is 18.3 Å². The molecule has 0 aliphatic rings. The van der Waals surface area contributed by atoms with Crippen molar-refractivity contribution in [1.29, 1.82) is 0 Å². The summed E-state index contributed by atoms with van der Waals surface area (Å²) in [5.74, 6) is 0.641. The lowest BCUT2D eigenvalue weighted by atomic mass is 10.1. The maximum absolute atomic E-state index is 9.98. The summed E-state index contributed by atoms with van der Waals surface area (Å²) in [5.41, 5.74) is 1.94. The van der Waals surface area contributed by atoms with Gasteiger partial charge in [-0.15, -0.1) is 0 Å². The molecular formula is C16H26N2O2Si. The molecule has 21 heavy (non-hydrogen) atoms. The van der Waals surface area contributed by atoms with Crippen molar-refractivity contribution in [2.24, 2.45) is 0 Å². The molecular weight excluding hydrogens is 280 g/mol. The Hall–Kier alpha value is -1.33. The van der Waals surface area contributed by atoms with Gasteiger partial charge in [0, 0.05) is 26.6 Å². The summed E-state index contributed by atoms with van der Waals surface area (Å²) < 4.78 is 7.94. The summed E-state index contributed by atoms with van der Waals surface area (Å²) in [6, 6.07) is 4.80. The van der Waals surface area contributed by atoms with Gasteiger partial charge in [-0.3, -0.25) is 0 Å². The Morgan fingerprint density at radius 3 is 2.67 bits per heavy atom. The SMILES string of the molecule is CC(C)c1cc2c(O)ccnc2n1COCC[Si](C)(C)C. The molecule has 0 bridgehead atoms. The monoisotopic (exact) mass is 306 g/mol. The molecule has 5 heteroatoms. The minimum Gasteiger partial charge on any atom is -0.507 e. The molecule has 0 amide bonds. The van der Waals surface area contributed by atoms with Gasteiger partial charge in [-0.1, -0.05) is 33.5 Å². The Morgan fingerprint density at radius 2 is 2.05 bits per heavy atom. The summed E-state index contributed by atoms with van der Waals surface area (Å²) in [6.07, 6.45) is 1.64. The second-order valence-corrected chi connectivity index (χ2v) is 12.7. The van der Waals surface area contributed by atoms with Crippen molar-refractivity contribution in [2.75, 3.05) is 6.61 Å². The highest BCUT2D eigenvalue weighted by Gasteiger charge is 2.16. The molecule has 0 aliphatic heterocycles. The highest BCUT2D eigenvalue weighted by molar-refractivity contribution is 6.76. The number of fused-ring (bicyclic) bond motifs is 1. The zero-order chi connectivity index (χ0) is 15.6. The van der Waals surface area contributed by atoms with E-state index < -0.39 is 8.07 Å². The minimum atomic E-state index is -1.07. The smallest absolute Gasteiger partial charge is 0.145 e. The van der Waals surface area contributed by atoms with Gasteiger partial charge in [-0.05, 0) is 24.1 Å². The van der Waals surface area contributed by atoms with E-state index in [4.69, 9.17) is 4.74 Å². The van der Waals surface area contributed by atoms with Crippen LogP contribution in [0.1, 0.15) is 25.5 Å². The third-order valence-corrected chi connectivity index (χ3v) is 5.32. The van der Waals surface area contributed by atoms with Crippen molar-refractivity contribution in [3.8, 4) is 5.75 Å². The van der Waals surface area contributed by atoms with Crippen molar-refractivity contribution in [2.45, 2.75) is 52.2 Å². The van der Waals surface area contributed by atoms with Crippen LogP contribution in [0.5, 0.6) is 5.75 Å². The van der Waals surface area contributed by atoms with E-state index in [1.165, 1.54) is 0 Å². The predicted molar refractivity (Wildman–Crippen MR) is 89.6 cm³/mol. The average Bonchev–Trinajstić information content (AvgIpc) is 2.74. The van der Waals surface area contributed by atoms with E-state index in [9.17, 15) is 5.11 Å². The molecule has 2 aromatic rings. The van der Waals surface area contributed by atoms with Gasteiger partial charge in [-0.2, -0.15) is 0 Å². The topological polar surface area (TPSA) is 47.3 Å². The van der Waals surface area contributed by atoms with E-state index in [0.29, 0.717) is 12.6 Å². The number of nitrogens with zero attached hydrogens (tertiary/aromatic N) is 2. The van der Waals surface area contributed by atoms with E-state index in [-0.39, 0.29) is 5.75 Å². The first kappa shape index (κ1) is 16.0. The Bertz CT molecular complexity index is 614. The molecule has 0 atom stereocenters. The molecule has 0 fully saturated rings. The molecule has 0 saturated heterocycles. The van der Waals surface area contributed by atoms with Gasteiger partial charge in [0.2, 0.25) is 0 Å². The molecule has 2 heterocycles. The number of hydrogen-bond donors (Lipinski definition) is 1. The van der Waals surface area contributed by atoms with E-state index >= 15 is 0 Å². The van der Waals surface area contributed by atoms with Gasteiger partial charge in [-0.25, -0.2) is 4.98 Å². The lowest BCUT2D eigenvalue weighted by molar-refractivity contribution is 0.0876. The first-order chi connectivity index (χ1) is 9.79. The average molecular weight is 306 g/mol. The maximum atomic E-state index is 9.98. The van der Waals surface area contributed by atoms with Crippen LogP contribution in [0.25, 0.3) is 11.0 Å². The summed E-state index contributed by atoms with van der Waals surface area (Å²) in [6.45, 7) is 12.6. The summed E-state index contributed by atoms with van der Waals surface area (Å²) in [7, 11) is -1.07. The largest absolute Gasteiger partial charge is 0.507 e. The van der Waals surface area contributed by atoms with Crippen LogP contribution in [0, 0.1) is 0 Å². The van der Waals surface area contributed by atoms with Crippen molar-refractivity contribution in [3.63, 3.8) is 0 Å². The van der Waals surface area contributed by atoms with Crippen LogP contribution in [0.2, 0.25) is 25.7 Å². The van der Waals surface area contributed by atoms with Crippen molar-refractivity contribution in [3.05, 3.63) is 24.0 Å². The zero-order valence-electron chi connectivity index (χ0n) is 13.7. The summed E-state index contributed by atoms with van der Waals surface area (Å²) in [4.78, 5) is 4.40. The third kappa shape index (κ3) is 3.86. The highest BCUT2D eigenvalue weighted by atomic mass is 28.3. The molecule has 0 spiro atoms. The van der Waals surface area contributed by atoms with Crippen LogP contribution in [-0.4, -0.2) is 29.3 Å². The molecule has 4 nitrogen and oxygen atoms in total. The van der Waals surface area contributed by atoms with E-state index in [1.807, 2.05) is 6.07 Å². The lowest BCUT2D eigenvalue weighted by Gasteiger charge is -2.17. The van der Waals surface area contributed by atoms with Gasteiger partial charge in [0.05, 0.1) is 5.39 Å². The second kappa shape index (κ2) is 6.20. The summed E-state index contributed by atoms with van der Waals surface area (Å²) >= 11 is 0. The Labute approximate surface area is 127 Å². The normalized spacial score (nSPS) is 12.5. The molecule has 2 rings (SSSR count). The molecule has 0 aromatic carbocycles. The Kier molecular flexibility index (Phi) is 4.73. The number of rotatable bonds is 6. The van der Waals surface area contributed by atoms with Gasteiger partial charge >= 0.3 is 0 Å². The number of hydrogen-bond acceptors (Lipinski definition) is 3. The van der Waals surface area contributed by atoms with Gasteiger partial charge < -0.3 is 14.4 Å². The molecule has 0 aliphatic carbocycles. The van der Waals surface area contributed by atoms with Crippen molar-refractivity contribution < 1.29 is 9.84 Å². The summed E-state index contributed by atoms with van der Waals surface area (Å²) in [5, 5.41) is 10.8. The van der Waals surface area contributed by atoms with Crippen molar-refractivity contribution in [1.82, 2.24) is 9.55 Å². The first-order valence-corrected chi connectivity index (χ1v) is 11.2. The quantitative estimate of drug-likeness (QED) is 0.643. The first-order valence-electron chi connectivity index (χ1n) is 7.54. The second-order valence-electron chi connectivity index (χ2n) is 7.07. The minimum absolute atomic E-state index is 0.280. The van der Waals surface area contributed by atoms with Crippen LogP contribution in [0.3, 0.4) is 0 Å². The van der Waals surface area contributed by atoms with E-state index in [1.54, 1.807) is 12.3 Å². The number of aromatic hydroxyl groups is 1. The van der Waals surface area contributed by atoms with Gasteiger partial charge in [0.25, 0.3) is 0 Å². The Balaban J connectivity index is 2.21. The van der Waals surface area contributed by atoms with E-state index in [2.05, 4.69) is 43.0 Å². The Morgan fingerprint density at radius 1 is 1.33 bits per heavy atom. The fraction of sp³-hybridized carbons (Fsp3) is 0.562. The standard InChI is InChI=1S/C16H26N2O2Si/c1-12(2)14-10-13-15(19)6-7-17-16(13)18(14)11-20-8-9-21(3,4)5/h6-7,10,12H,8-9,11H2,1-5H3,(H,17,19). The van der Waals surface area contributed by atoms with Crippen LogP contribution >= 0.6 is 0 Å². The van der Waals surface area contributed by atoms with Crippen LogP contribution in [-0.2, 0) is 11.5 Å². The third-order valence-electron chi connectivity index (χ3n) is 3.61. The van der Waals surface area contributed by atoms with Crippen LogP contribution in [0.4, 0.5) is 0 Å². The van der Waals surface area contributed by atoms with Crippen molar-refractivity contribution >= 4 is 19.1 Å². The van der Waals surface area contributed by atoms with Gasteiger partial charge in [0.15, 0.2) is 0 Å².